The first-order chi connectivity index (χ1) is 9.40. The third-order valence-electron chi connectivity index (χ3n) is 2.47. The molecule has 0 heterocycles. The predicted molar refractivity (Wildman–Crippen MR) is 74.4 cm³/mol. The molecule has 2 aromatic rings. The second-order valence-electron chi connectivity index (χ2n) is 3.87. The molecule has 0 unspecified atom stereocenters. The summed E-state index contributed by atoms with van der Waals surface area (Å²) in [7, 11) is 0. The van der Waals surface area contributed by atoms with E-state index in [2.05, 4.69) is 15.9 Å². The fourth-order valence-electron chi connectivity index (χ4n) is 1.57. The maximum atomic E-state index is 12.7. The van der Waals surface area contributed by atoms with Gasteiger partial charge in [0, 0.05) is 14.3 Å². The third kappa shape index (κ3) is 3.56. The van der Waals surface area contributed by atoms with Crippen LogP contribution in [0.25, 0.3) is 0 Å². The summed E-state index contributed by atoms with van der Waals surface area (Å²) in [6.07, 6.45) is -4.51. The maximum absolute atomic E-state index is 12.7. The van der Waals surface area contributed by atoms with E-state index in [-0.39, 0.29) is 5.56 Å². The molecule has 0 spiro atoms. The second kappa shape index (κ2) is 5.90. The minimum absolute atomic E-state index is 0.361. The molecule has 0 atom stereocenters. The van der Waals surface area contributed by atoms with Crippen LogP contribution in [0.15, 0.2) is 56.7 Å². The molecule has 102 valence electrons. The van der Waals surface area contributed by atoms with Crippen molar-refractivity contribution in [2.45, 2.75) is 16.0 Å². The van der Waals surface area contributed by atoms with Crippen molar-refractivity contribution in [3.05, 3.63) is 58.1 Å². The molecule has 2 rings (SSSR count). The smallest absolute Gasteiger partial charge is 0.192 e. The molecule has 20 heavy (non-hydrogen) atoms. The van der Waals surface area contributed by atoms with Gasteiger partial charge in [-0.05, 0) is 42.5 Å². The Labute approximate surface area is 126 Å². The predicted octanol–water partition coefficient (Wildman–Crippen LogP) is 5.49. The van der Waals surface area contributed by atoms with Crippen LogP contribution in [0.4, 0.5) is 13.2 Å². The lowest BCUT2D eigenvalue weighted by atomic mass is 10.1. The number of alkyl halides is 3. The standard InChI is InChI=1S/C14H7BrF3NS/c15-10-1-3-11(4-2-10)20-12-5-6-13(14(16,17)18)9(7-12)8-19/h1-7H. The molecule has 6 heteroatoms. The number of nitriles is 1. The highest BCUT2D eigenvalue weighted by molar-refractivity contribution is 9.10. The first-order valence-corrected chi connectivity index (χ1v) is 7.06. The number of benzene rings is 2. The molecule has 2 aromatic carbocycles. The molecule has 1 nitrogen and oxygen atoms in total. The summed E-state index contributed by atoms with van der Waals surface area (Å²) >= 11 is 4.61. The Bertz CT molecular complexity index is 660. The molecule has 0 fully saturated rings. The first-order valence-electron chi connectivity index (χ1n) is 5.45. The summed E-state index contributed by atoms with van der Waals surface area (Å²) in [5.74, 6) is 0. The van der Waals surface area contributed by atoms with Gasteiger partial charge < -0.3 is 0 Å². The lowest BCUT2D eigenvalue weighted by Crippen LogP contribution is -2.07. The Morgan fingerprint density at radius 1 is 1.00 bits per heavy atom. The zero-order valence-electron chi connectivity index (χ0n) is 9.91. The van der Waals surface area contributed by atoms with Crippen molar-refractivity contribution in [3.8, 4) is 6.07 Å². The molecule has 0 N–H and O–H groups in total. The molecule has 0 aliphatic heterocycles. The number of halogens is 4. The van der Waals surface area contributed by atoms with Gasteiger partial charge in [0.1, 0.15) is 0 Å². The average Bonchev–Trinajstić information content (AvgIpc) is 2.40. The summed E-state index contributed by atoms with van der Waals surface area (Å²) in [6, 6.07) is 12.6. The number of nitrogens with zero attached hydrogens (tertiary/aromatic N) is 1. The van der Waals surface area contributed by atoms with E-state index in [0.717, 1.165) is 15.4 Å². The van der Waals surface area contributed by atoms with Gasteiger partial charge in [-0.25, -0.2) is 0 Å². The van der Waals surface area contributed by atoms with Crippen LogP contribution in [0.2, 0.25) is 0 Å². The van der Waals surface area contributed by atoms with Crippen LogP contribution in [0.3, 0.4) is 0 Å². The SMILES string of the molecule is N#Cc1cc(Sc2ccc(Br)cc2)ccc1C(F)(F)F. The van der Waals surface area contributed by atoms with Gasteiger partial charge in [0.05, 0.1) is 17.2 Å². The molecule has 0 saturated heterocycles. The van der Waals surface area contributed by atoms with Gasteiger partial charge in [-0.3, -0.25) is 0 Å². The normalized spacial score (nSPS) is 11.2. The van der Waals surface area contributed by atoms with Crippen LogP contribution in [-0.2, 0) is 6.18 Å². The van der Waals surface area contributed by atoms with Crippen molar-refractivity contribution < 1.29 is 13.2 Å². The second-order valence-corrected chi connectivity index (χ2v) is 5.94. The summed E-state index contributed by atoms with van der Waals surface area (Å²) in [4.78, 5) is 1.48. The fourth-order valence-corrected chi connectivity index (χ4v) is 2.69. The molecular formula is C14H7BrF3NS. The highest BCUT2D eigenvalue weighted by Crippen LogP contribution is 2.35. The van der Waals surface area contributed by atoms with Crippen molar-refractivity contribution in [3.63, 3.8) is 0 Å². The van der Waals surface area contributed by atoms with Crippen LogP contribution in [0.1, 0.15) is 11.1 Å². The number of rotatable bonds is 2. The van der Waals surface area contributed by atoms with E-state index >= 15 is 0 Å². The largest absolute Gasteiger partial charge is 0.417 e. The number of hydrogen-bond acceptors (Lipinski definition) is 2. The highest BCUT2D eigenvalue weighted by atomic mass is 79.9. The molecule has 0 saturated carbocycles. The fraction of sp³-hybridized carbons (Fsp3) is 0.0714. The maximum Gasteiger partial charge on any atom is 0.417 e. The minimum atomic E-state index is -4.51. The monoisotopic (exact) mass is 357 g/mol. The van der Waals surface area contributed by atoms with E-state index in [1.807, 2.05) is 24.3 Å². The lowest BCUT2D eigenvalue weighted by Gasteiger charge is -2.10. The molecule has 0 bridgehead atoms. The first kappa shape index (κ1) is 14.9. The zero-order valence-corrected chi connectivity index (χ0v) is 12.3. The molecule has 0 amide bonds. The summed E-state index contributed by atoms with van der Waals surface area (Å²) in [5.41, 5.74) is -1.26. The summed E-state index contributed by atoms with van der Waals surface area (Å²) < 4.78 is 38.9. The highest BCUT2D eigenvalue weighted by Gasteiger charge is 2.33. The van der Waals surface area contributed by atoms with Crippen LogP contribution in [-0.4, -0.2) is 0 Å². The third-order valence-corrected chi connectivity index (χ3v) is 3.99. The van der Waals surface area contributed by atoms with Crippen molar-refractivity contribution >= 4 is 27.7 Å². The average molecular weight is 358 g/mol. The summed E-state index contributed by atoms with van der Waals surface area (Å²) in [5, 5.41) is 8.84. The summed E-state index contributed by atoms with van der Waals surface area (Å²) in [6.45, 7) is 0. The molecule has 0 radical (unpaired) electrons. The van der Waals surface area contributed by atoms with E-state index in [9.17, 15) is 13.2 Å². The van der Waals surface area contributed by atoms with Gasteiger partial charge in [-0.2, -0.15) is 18.4 Å². The Morgan fingerprint density at radius 2 is 1.60 bits per heavy atom. The van der Waals surface area contributed by atoms with Gasteiger partial charge in [-0.15, -0.1) is 0 Å². The molecule has 0 aliphatic rings. The molecule has 0 aliphatic carbocycles. The van der Waals surface area contributed by atoms with Crippen molar-refractivity contribution in [2.75, 3.05) is 0 Å². The van der Waals surface area contributed by atoms with Crippen molar-refractivity contribution in [1.82, 2.24) is 0 Å². The van der Waals surface area contributed by atoms with Crippen molar-refractivity contribution in [2.24, 2.45) is 0 Å². The van der Waals surface area contributed by atoms with Crippen LogP contribution in [0, 0.1) is 11.3 Å². The van der Waals surface area contributed by atoms with Crippen LogP contribution >= 0.6 is 27.7 Å². The van der Waals surface area contributed by atoms with Gasteiger partial charge in [0.15, 0.2) is 0 Å². The Balaban J connectivity index is 2.31. The van der Waals surface area contributed by atoms with Crippen LogP contribution in [0.5, 0.6) is 0 Å². The van der Waals surface area contributed by atoms with E-state index in [1.54, 1.807) is 6.07 Å². The van der Waals surface area contributed by atoms with E-state index in [4.69, 9.17) is 5.26 Å². The molecule has 0 aromatic heterocycles. The van der Waals surface area contributed by atoms with Gasteiger partial charge in [-0.1, -0.05) is 27.7 Å². The van der Waals surface area contributed by atoms with Gasteiger partial charge in [0.2, 0.25) is 0 Å². The Hall–Kier alpha value is -1.45. The quantitative estimate of drug-likeness (QED) is 0.709. The lowest BCUT2D eigenvalue weighted by molar-refractivity contribution is -0.137. The Morgan fingerprint density at radius 3 is 2.15 bits per heavy atom. The minimum Gasteiger partial charge on any atom is -0.192 e. The van der Waals surface area contributed by atoms with Crippen molar-refractivity contribution in [1.29, 1.82) is 5.26 Å². The van der Waals surface area contributed by atoms with E-state index in [1.165, 1.54) is 23.9 Å². The van der Waals surface area contributed by atoms with Crippen LogP contribution < -0.4 is 0 Å². The topological polar surface area (TPSA) is 23.8 Å². The van der Waals surface area contributed by atoms with Gasteiger partial charge >= 0.3 is 6.18 Å². The Kier molecular flexibility index (Phi) is 4.41. The van der Waals surface area contributed by atoms with Gasteiger partial charge in [0.25, 0.3) is 0 Å². The molecular weight excluding hydrogens is 351 g/mol. The van der Waals surface area contributed by atoms with E-state index in [0.29, 0.717) is 4.90 Å². The van der Waals surface area contributed by atoms with E-state index < -0.39 is 11.7 Å². The zero-order chi connectivity index (χ0) is 14.8. The number of hydrogen-bond donors (Lipinski definition) is 0.